The molecule has 0 aliphatic carbocycles. The van der Waals surface area contributed by atoms with Crippen molar-refractivity contribution in [1.82, 2.24) is 15.2 Å². The van der Waals surface area contributed by atoms with Crippen molar-refractivity contribution in [2.24, 2.45) is 27.1 Å². The highest BCUT2D eigenvalue weighted by molar-refractivity contribution is 6.30. The molecule has 8 nitrogen and oxygen atoms in total. The fourth-order valence-corrected chi connectivity index (χ4v) is 5.83. The molecule has 4 N–H and O–H groups in total. The van der Waals surface area contributed by atoms with Gasteiger partial charge in [-0.15, -0.1) is 0 Å². The summed E-state index contributed by atoms with van der Waals surface area (Å²) < 4.78 is 15.7. The molecule has 1 spiro atoms. The summed E-state index contributed by atoms with van der Waals surface area (Å²) in [5, 5.41) is 6.50. The first kappa shape index (κ1) is 24.8. The Bertz CT molecular complexity index is 1400. The highest BCUT2D eigenvalue weighted by atomic mass is 35.5. The molecule has 0 bridgehead atoms. The van der Waals surface area contributed by atoms with E-state index in [1.165, 1.54) is 18.3 Å². The molecule has 38 heavy (non-hydrogen) atoms. The van der Waals surface area contributed by atoms with Crippen LogP contribution in [0.15, 0.2) is 64.4 Å². The van der Waals surface area contributed by atoms with Crippen molar-refractivity contribution >= 4 is 40.7 Å². The second-order valence-electron chi connectivity index (χ2n) is 10.4. The lowest BCUT2D eigenvalue weighted by Crippen LogP contribution is -2.58. The smallest absolute Gasteiger partial charge is 0.256 e. The van der Waals surface area contributed by atoms with Crippen molar-refractivity contribution in [2.45, 2.75) is 25.7 Å². The zero-order valence-electron chi connectivity index (χ0n) is 20.9. The molecule has 196 valence electrons. The number of aliphatic imine (C=N–C) groups is 2. The molecule has 2 aromatic rings. The second kappa shape index (κ2) is 9.96. The number of rotatable bonds is 3. The number of benzene rings is 1. The third kappa shape index (κ3) is 4.72. The molecule has 10 heteroatoms. The number of likely N-dealkylation sites (tertiary alicyclic amines) is 1. The van der Waals surface area contributed by atoms with Crippen molar-refractivity contribution in [2.75, 3.05) is 31.5 Å². The van der Waals surface area contributed by atoms with E-state index in [1.54, 1.807) is 24.4 Å². The predicted molar refractivity (Wildman–Crippen MR) is 148 cm³/mol. The third-order valence-corrected chi connectivity index (χ3v) is 8.23. The normalized spacial score (nSPS) is 22.3. The Morgan fingerprint density at radius 3 is 2.74 bits per heavy atom. The van der Waals surface area contributed by atoms with Crippen LogP contribution < -0.4 is 16.4 Å². The van der Waals surface area contributed by atoms with E-state index in [2.05, 4.69) is 25.5 Å². The number of fused-ring (bicyclic) bond motifs is 1. The number of hydrogen-bond donors (Lipinski definition) is 3. The number of amides is 1. The van der Waals surface area contributed by atoms with Gasteiger partial charge in [0.15, 0.2) is 0 Å². The topological polar surface area (TPSA) is 108 Å². The summed E-state index contributed by atoms with van der Waals surface area (Å²) in [6.07, 6.45) is 9.05. The Balaban J connectivity index is 1.32. The molecule has 1 aromatic carbocycles. The van der Waals surface area contributed by atoms with Crippen molar-refractivity contribution in [1.29, 1.82) is 0 Å². The summed E-state index contributed by atoms with van der Waals surface area (Å²) in [6, 6.07) is 7.54. The van der Waals surface area contributed by atoms with Crippen molar-refractivity contribution in [3.05, 3.63) is 76.3 Å². The van der Waals surface area contributed by atoms with Gasteiger partial charge in [-0.3, -0.25) is 4.79 Å². The number of halogens is 2. The molecule has 4 aliphatic heterocycles. The average Bonchev–Trinajstić information content (AvgIpc) is 3.09. The molecule has 5 heterocycles. The van der Waals surface area contributed by atoms with Crippen LogP contribution in [0.2, 0.25) is 5.02 Å². The van der Waals surface area contributed by atoms with Crippen LogP contribution in [-0.4, -0.2) is 53.6 Å². The first-order valence-corrected chi connectivity index (χ1v) is 13.3. The maximum atomic E-state index is 15.7. The lowest BCUT2D eigenvalue weighted by molar-refractivity contribution is 0.0820. The van der Waals surface area contributed by atoms with E-state index in [-0.39, 0.29) is 17.3 Å². The van der Waals surface area contributed by atoms with Gasteiger partial charge >= 0.3 is 0 Å². The van der Waals surface area contributed by atoms with Gasteiger partial charge in [0.1, 0.15) is 23.3 Å². The zero-order chi connectivity index (χ0) is 26.3. The minimum Gasteiger partial charge on any atom is -0.383 e. The van der Waals surface area contributed by atoms with E-state index in [9.17, 15) is 4.79 Å². The Labute approximate surface area is 225 Å². The summed E-state index contributed by atoms with van der Waals surface area (Å²) in [5.41, 5.74) is 8.44. The van der Waals surface area contributed by atoms with Crippen LogP contribution in [0.25, 0.3) is 5.70 Å². The van der Waals surface area contributed by atoms with Gasteiger partial charge in [-0.2, -0.15) is 0 Å². The summed E-state index contributed by atoms with van der Waals surface area (Å²) in [4.78, 5) is 28.6. The SMILES string of the molecule is NC1=NC=CC2CCC(N3CCC4(CC3)CNC4)=NC(c3ccc(C(=O)Nc4cc(Cl)ccn4)cc3F)=C12. The fraction of sp³-hybridized carbons (Fsp3) is 0.357. The number of aromatic nitrogens is 1. The number of carbonyl (C=O) groups is 1. The molecule has 6 rings (SSSR count). The Kier molecular flexibility index (Phi) is 6.49. The monoisotopic (exact) mass is 533 g/mol. The van der Waals surface area contributed by atoms with Crippen LogP contribution in [-0.2, 0) is 0 Å². The highest BCUT2D eigenvalue weighted by Gasteiger charge is 2.40. The van der Waals surface area contributed by atoms with E-state index >= 15 is 4.39 Å². The lowest BCUT2D eigenvalue weighted by Gasteiger charge is -2.49. The molecular weight excluding hydrogens is 505 g/mol. The van der Waals surface area contributed by atoms with Crippen LogP contribution in [0.1, 0.15) is 41.6 Å². The number of nitrogens with two attached hydrogens (primary N) is 1. The molecular formula is C28H29ClFN7O. The Morgan fingerprint density at radius 2 is 2.03 bits per heavy atom. The van der Waals surface area contributed by atoms with E-state index in [0.717, 1.165) is 63.3 Å². The molecule has 1 aromatic heterocycles. The number of hydrogen-bond acceptors (Lipinski definition) is 7. The molecule has 0 radical (unpaired) electrons. The molecule has 0 saturated carbocycles. The molecule has 1 unspecified atom stereocenters. The number of nitrogens with one attached hydrogen (secondary N) is 2. The second-order valence-corrected chi connectivity index (χ2v) is 10.8. The number of piperidine rings is 1. The first-order chi connectivity index (χ1) is 18.4. The molecule has 4 aliphatic rings. The lowest BCUT2D eigenvalue weighted by atomic mass is 9.73. The van der Waals surface area contributed by atoms with Gasteiger partial charge in [-0.1, -0.05) is 17.7 Å². The number of amidine groups is 2. The van der Waals surface area contributed by atoms with Crippen molar-refractivity contribution in [3.63, 3.8) is 0 Å². The standard InChI is InChI=1S/C28H29ClFN7O/c29-19-6-10-33-22(14-19)35-27(38)18-1-3-20(21(30)13-18)25-24-17(5-9-34-26(24)31)2-4-23(36-25)37-11-7-28(8-12-37)15-32-16-28/h1,3,5-6,9-10,13-14,17,32H,2,4,7-8,11-12,15-16H2,(H2,31,34)(H,33,35,38). The quantitative estimate of drug-likeness (QED) is 0.547. The van der Waals surface area contributed by atoms with Crippen LogP contribution in [0.4, 0.5) is 10.2 Å². The number of allylic oxidation sites excluding steroid dienone is 1. The molecule has 2 fully saturated rings. The summed E-state index contributed by atoms with van der Waals surface area (Å²) in [6.45, 7) is 4.04. The summed E-state index contributed by atoms with van der Waals surface area (Å²) >= 11 is 5.98. The van der Waals surface area contributed by atoms with Gasteiger partial charge in [0.05, 0.1) is 5.70 Å². The van der Waals surface area contributed by atoms with E-state index in [4.69, 9.17) is 22.3 Å². The van der Waals surface area contributed by atoms with Gasteiger partial charge in [0, 0.05) is 72.6 Å². The molecule has 1 amide bonds. The predicted octanol–water partition coefficient (Wildman–Crippen LogP) is 4.22. The Hall–Kier alpha value is -3.56. The van der Waals surface area contributed by atoms with E-state index in [1.807, 2.05) is 6.08 Å². The van der Waals surface area contributed by atoms with Crippen LogP contribution in [0, 0.1) is 17.2 Å². The zero-order valence-corrected chi connectivity index (χ0v) is 21.6. The largest absolute Gasteiger partial charge is 0.383 e. The maximum absolute atomic E-state index is 15.7. The summed E-state index contributed by atoms with van der Waals surface area (Å²) in [5.74, 6) is 0.551. The third-order valence-electron chi connectivity index (χ3n) is 7.99. The van der Waals surface area contributed by atoms with Crippen LogP contribution in [0.3, 0.4) is 0 Å². The van der Waals surface area contributed by atoms with Crippen LogP contribution >= 0.6 is 11.6 Å². The molecule has 1 atom stereocenters. The minimum atomic E-state index is -0.552. The number of carbonyl (C=O) groups excluding carboxylic acids is 1. The van der Waals surface area contributed by atoms with Gasteiger partial charge in [-0.25, -0.2) is 19.4 Å². The number of anilines is 1. The van der Waals surface area contributed by atoms with Gasteiger partial charge in [-0.05, 0) is 55.0 Å². The average molecular weight is 534 g/mol. The maximum Gasteiger partial charge on any atom is 0.256 e. The van der Waals surface area contributed by atoms with Crippen molar-refractivity contribution < 1.29 is 9.18 Å². The van der Waals surface area contributed by atoms with E-state index < -0.39 is 11.7 Å². The van der Waals surface area contributed by atoms with Gasteiger partial charge in [0.25, 0.3) is 5.91 Å². The Morgan fingerprint density at radius 1 is 1.21 bits per heavy atom. The van der Waals surface area contributed by atoms with Crippen LogP contribution in [0.5, 0.6) is 0 Å². The minimum absolute atomic E-state index is 0.00741. The number of nitrogens with zero attached hydrogens (tertiary/aromatic N) is 4. The van der Waals surface area contributed by atoms with Gasteiger partial charge < -0.3 is 21.3 Å². The first-order valence-electron chi connectivity index (χ1n) is 12.9. The van der Waals surface area contributed by atoms with Gasteiger partial charge in [0.2, 0.25) is 0 Å². The van der Waals surface area contributed by atoms with Crippen molar-refractivity contribution in [3.8, 4) is 0 Å². The number of pyridine rings is 1. The molecule has 2 saturated heterocycles. The fourth-order valence-electron chi connectivity index (χ4n) is 5.67. The highest BCUT2D eigenvalue weighted by Crippen LogP contribution is 2.39. The van der Waals surface area contributed by atoms with E-state index in [0.29, 0.717) is 27.5 Å². The summed E-state index contributed by atoms with van der Waals surface area (Å²) in [7, 11) is 0.